The molecule has 0 aliphatic rings. The smallest absolute Gasteiger partial charge is 0.252 e. The summed E-state index contributed by atoms with van der Waals surface area (Å²) in [6, 6.07) is 0. The van der Waals surface area contributed by atoms with E-state index in [1.54, 1.807) is 0 Å². The lowest BCUT2D eigenvalue weighted by atomic mass is 10.1. The van der Waals surface area contributed by atoms with Gasteiger partial charge in [0.2, 0.25) is 0 Å². The Morgan fingerprint density at radius 3 is 2.55 bits per heavy atom. The van der Waals surface area contributed by atoms with Crippen molar-refractivity contribution in [1.29, 1.82) is 0 Å². The molecule has 0 heterocycles. The quantitative estimate of drug-likeness (QED) is 0.599. The van der Waals surface area contributed by atoms with Crippen molar-refractivity contribution in [3.05, 3.63) is 0 Å². The molecule has 3 heteroatoms. The van der Waals surface area contributed by atoms with Gasteiger partial charge in [-0.3, -0.25) is 4.79 Å². The highest BCUT2D eigenvalue weighted by Crippen LogP contribution is 2.03. The zero-order chi connectivity index (χ0) is 8.69. The van der Waals surface area contributed by atoms with Crippen LogP contribution in [0.1, 0.15) is 32.6 Å². The van der Waals surface area contributed by atoms with Crippen molar-refractivity contribution >= 4 is 5.91 Å². The van der Waals surface area contributed by atoms with Crippen LogP contribution < -0.4 is 5.32 Å². The summed E-state index contributed by atoms with van der Waals surface area (Å²) < 4.78 is 0. The number of carbonyl (C=O) groups is 1. The number of likely N-dealkylation sites (N-methyl/N-ethyl adjacent to an activating group) is 1. The normalized spacial score (nSPS) is 12.6. The fraction of sp³-hybridized carbons (Fsp3) is 0.875. The summed E-state index contributed by atoms with van der Waals surface area (Å²) in [6.07, 6.45) is 2.38. The maximum atomic E-state index is 10.9. The Morgan fingerprint density at radius 2 is 2.09 bits per heavy atom. The summed E-state index contributed by atoms with van der Waals surface area (Å²) in [5.74, 6) is -0.388. The van der Waals surface area contributed by atoms with Crippen LogP contribution >= 0.6 is 0 Å². The van der Waals surface area contributed by atoms with Gasteiger partial charge in [0, 0.05) is 7.05 Å². The molecule has 0 aromatic heterocycles. The minimum Gasteiger partial charge on any atom is -0.357 e. The zero-order valence-electron chi connectivity index (χ0n) is 7.22. The average Bonchev–Trinajstić information content (AvgIpc) is 2.03. The van der Waals surface area contributed by atoms with E-state index in [2.05, 4.69) is 12.2 Å². The van der Waals surface area contributed by atoms with Gasteiger partial charge in [0.15, 0.2) is 6.10 Å². The third-order valence-electron chi connectivity index (χ3n) is 1.61. The molecule has 3 nitrogen and oxygen atoms in total. The van der Waals surface area contributed by atoms with E-state index in [1.165, 1.54) is 7.05 Å². The lowest BCUT2D eigenvalue weighted by Crippen LogP contribution is -2.30. The Bertz CT molecular complexity index is 115. The summed E-state index contributed by atoms with van der Waals surface area (Å²) in [5, 5.41) is 13.3. The SMILES string of the molecule is CCCCCC([O])C(=O)NC. The summed E-state index contributed by atoms with van der Waals surface area (Å²) in [4.78, 5) is 10.7. The van der Waals surface area contributed by atoms with Gasteiger partial charge in [-0.25, -0.2) is 5.11 Å². The second-order valence-electron chi connectivity index (χ2n) is 2.60. The number of hydrogen-bond acceptors (Lipinski definition) is 1. The van der Waals surface area contributed by atoms with Gasteiger partial charge in [0.05, 0.1) is 0 Å². The van der Waals surface area contributed by atoms with Gasteiger partial charge < -0.3 is 5.32 Å². The highest BCUT2D eigenvalue weighted by atomic mass is 16.3. The molecule has 0 bridgehead atoms. The molecule has 1 atom stereocenters. The molecule has 0 rings (SSSR count). The van der Waals surface area contributed by atoms with Crippen molar-refractivity contribution in [3.63, 3.8) is 0 Å². The van der Waals surface area contributed by atoms with E-state index in [0.29, 0.717) is 6.42 Å². The molecule has 65 valence electrons. The predicted molar refractivity (Wildman–Crippen MR) is 42.7 cm³/mol. The van der Waals surface area contributed by atoms with Gasteiger partial charge in [-0.2, -0.15) is 0 Å². The zero-order valence-corrected chi connectivity index (χ0v) is 7.22. The number of hydrogen-bond donors (Lipinski definition) is 1. The van der Waals surface area contributed by atoms with Gasteiger partial charge in [-0.15, -0.1) is 0 Å². The number of rotatable bonds is 5. The van der Waals surface area contributed by atoms with Gasteiger partial charge in [0.1, 0.15) is 0 Å². The van der Waals surface area contributed by atoms with Crippen LogP contribution in [-0.4, -0.2) is 19.1 Å². The Hall–Kier alpha value is -0.570. The Kier molecular flexibility index (Phi) is 5.84. The van der Waals surface area contributed by atoms with E-state index < -0.39 is 6.10 Å². The van der Waals surface area contributed by atoms with Crippen molar-refractivity contribution in [2.24, 2.45) is 0 Å². The lowest BCUT2D eigenvalue weighted by Gasteiger charge is -2.04. The minimum atomic E-state index is -1.06. The first kappa shape index (κ1) is 10.4. The topological polar surface area (TPSA) is 49.0 Å². The van der Waals surface area contributed by atoms with Crippen LogP contribution in [-0.2, 0) is 9.90 Å². The number of carbonyl (C=O) groups excluding carboxylic acids is 1. The van der Waals surface area contributed by atoms with E-state index in [1.807, 2.05) is 0 Å². The highest BCUT2D eigenvalue weighted by Gasteiger charge is 2.13. The predicted octanol–water partition coefficient (Wildman–Crippen LogP) is 1.11. The molecule has 11 heavy (non-hydrogen) atoms. The van der Waals surface area contributed by atoms with Crippen molar-refractivity contribution < 1.29 is 9.90 Å². The van der Waals surface area contributed by atoms with E-state index in [4.69, 9.17) is 0 Å². The van der Waals surface area contributed by atoms with Crippen molar-refractivity contribution in [3.8, 4) is 0 Å². The van der Waals surface area contributed by atoms with Crippen LogP contribution in [0.2, 0.25) is 0 Å². The van der Waals surface area contributed by atoms with Crippen LogP contribution in [0.15, 0.2) is 0 Å². The monoisotopic (exact) mass is 158 g/mol. The average molecular weight is 158 g/mol. The molecule has 0 aromatic rings. The molecule has 0 aromatic carbocycles. The maximum Gasteiger partial charge on any atom is 0.252 e. The molecule has 1 radical (unpaired) electrons. The highest BCUT2D eigenvalue weighted by molar-refractivity contribution is 5.79. The molecular formula is C8H16NO2. The first-order valence-corrected chi connectivity index (χ1v) is 4.09. The number of amides is 1. The van der Waals surface area contributed by atoms with Crippen LogP contribution in [0, 0.1) is 0 Å². The molecule has 1 N–H and O–H groups in total. The van der Waals surface area contributed by atoms with E-state index in [-0.39, 0.29) is 5.91 Å². The van der Waals surface area contributed by atoms with E-state index in [9.17, 15) is 9.90 Å². The largest absolute Gasteiger partial charge is 0.357 e. The van der Waals surface area contributed by atoms with Crippen LogP contribution in [0.3, 0.4) is 0 Å². The first-order valence-electron chi connectivity index (χ1n) is 4.09. The molecule has 0 saturated heterocycles. The third kappa shape index (κ3) is 4.79. The van der Waals surface area contributed by atoms with Gasteiger partial charge in [-0.05, 0) is 6.42 Å². The Balaban J connectivity index is 3.36. The fourth-order valence-electron chi connectivity index (χ4n) is 0.872. The second kappa shape index (κ2) is 6.16. The minimum absolute atomic E-state index is 0.388. The summed E-state index contributed by atoms with van der Waals surface area (Å²) in [7, 11) is 1.49. The molecule has 1 unspecified atom stereocenters. The molecule has 0 aliphatic heterocycles. The first-order chi connectivity index (χ1) is 5.22. The van der Waals surface area contributed by atoms with Crippen LogP contribution in [0.25, 0.3) is 0 Å². The molecule has 0 fully saturated rings. The molecule has 1 amide bonds. The molecule has 0 spiro atoms. The van der Waals surface area contributed by atoms with Crippen molar-refractivity contribution in [2.45, 2.75) is 38.7 Å². The summed E-state index contributed by atoms with van der Waals surface area (Å²) in [5.41, 5.74) is 0. The Morgan fingerprint density at radius 1 is 1.45 bits per heavy atom. The number of unbranched alkanes of at least 4 members (excludes halogenated alkanes) is 2. The van der Waals surface area contributed by atoms with Gasteiger partial charge >= 0.3 is 0 Å². The fourth-order valence-corrected chi connectivity index (χ4v) is 0.872. The summed E-state index contributed by atoms with van der Waals surface area (Å²) in [6.45, 7) is 2.07. The molecule has 0 saturated carbocycles. The van der Waals surface area contributed by atoms with E-state index in [0.717, 1.165) is 19.3 Å². The van der Waals surface area contributed by atoms with Crippen LogP contribution in [0.5, 0.6) is 0 Å². The standard InChI is InChI=1S/C8H16NO2/c1-3-4-5-6-7(10)8(11)9-2/h7H,3-6H2,1-2H3,(H,9,11). The van der Waals surface area contributed by atoms with Crippen LogP contribution in [0.4, 0.5) is 0 Å². The van der Waals surface area contributed by atoms with Crippen molar-refractivity contribution in [1.82, 2.24) is 5.32 Å². The van der Waals surface area contributed by atoms with Crippen molar-refractivity contribution in [2.75, 3.05) is 7.05 Å². The molecule has 0 aliphatic carbocycles. The van der Waals surface area contributed by atoms with Gasteiger partial charge in [0.25, 0.3) is 5.91 Å². The maximum absolute atomic E-state index is 10.9. The lowest BCUT2D eigenvalue weighted by molar-refractivity contribution is -0.132. The van der Waals surface area contributed by atoms with E-state index >= 15 is 0 Å². The summed E-state index contributed by atoms with van der Waals surface area (Å²) >= 11 is 0. The van der Waals surface area contributed by atoms with Gasteiger partial charge in [-0.1, -0.05) is 26.2 Å². The third-order valence-corrected chi connectivity index (χ3v) is 1.61. The molecular weight excluding hydrogens is 142 g/mol. The number of nitrogens with one attached hydrogen (secondary N) is 1. The Labute approximate surface area is 67.8 Å². The second-order valence-corrected chi connectivity index (χ2v) is 2.60.